The van der Waals surface area contributed by atoms with Gasteiger partial charge in [0.05, 0.1) is 6.07 Å². The Balaban J connectivity index is 2.43. The molecule has 0 spiro atoms. The minimum Gasteiger partial charge on any atom is -0.465 e. The third-order valence-electron chi connectivity index (χ3n) is 2.59. The largest absolute Gasteiger partial charge is 0.465 e. The van der Waals surface area contributed by atoms with Crippen molar-refractivity contribution in [3.63, 3.8) is 0 Å². The second-order valence-corrected chi connectivity index (χ2v) is 3.86. The van der Waals surface area contributed by atoms with Crippen molar-refractivity contribution in [1.82, 2.24) is 5.32 Å². The van der Waals surface area contributed by atoms with E-state index in [0.717, 1.165) is 6.42 Å². The molecule has 0 heterocycles. The lowest BCUT2D eigenvalue weighted by Gasteiger charge is -2.09. The summed E-state index contributed by atoms with van der Waals surface area (Å²) < 4.78 is 0. The van der Waals surface area contributed by atoms with Crippen molar-refractivity contribution in [3.8, 4) is 6.07 Å². The predicted molar refractivity (Wildman–Crippen MR) is 47.0 cm³/mol. The van der Waals surface area contributed by atoms with Crippen LogP contribution in [0.2, 0.25) is 0 Å². The number of rotatable bonds is 3. The van der Waals surface area contributed by atoms with Crippen molar-refractivity contribution in [2.24, 2.45) is 17.8 Å². The minimum atomic E-state index is -1.11. The molecule has 2 N–H and O–H groups in total. The molecule has 4 nitrogen and oxygen atoms in total. The van der Waals surface area contributed by atoms with Gasteiger partial charge >= 0.3 is 6.09 Å². The van der Waals surface area contributed by atoms with E-state index in [9.17, 15) is 4.79 Å². The van der Waals surface area contributed by atoms with E-state index in [1.54, 1.807) is 0 Å². The van der Waals surface area contributed by atoms with Crippen LogP contribution < -0.4 is 5.32 Å². The highest BCUT2D eigenvalue weighted by molar-refractivity contribution is 5.65. The maximum Gasteiger partial charge on any atom is 0.405 e. The van der Waals surface area contributed by atoms with Crippen molar-refractivity contribution in [2.75, 3.05) is 0 Å². The van der Waals surface area contributed by atoms with E-state index in [2.05, 4.69) is 19.2 Å². The van der Waals surface area contributed by atoms with Gasteiger partial charge in [0.1, 0.15) is 6.04 Å². The van der Waals surface area contributed by atoms with Crippen molar-refractivity contribution in [3.05, 3.63) is 0 Å². The lowest BCUT2D eigenvalue weighted by Crippen LogP contribution is -2.34. The Bertz CT molecular complexity index is 244. The summed E-state index contributed by atoms with van der Waals surface area (Å²) >= 11 is 0. The van der Waals surface area contributed by atoms with E-state index in [0.29, 0.717) is 11.8 Å². The van der Waals surface area contributed by atoms with Crippen molar-refractivity contribution in [1.29, 1.82) is 5.26 Å². The number of carbonyl (C=O) groups is 1. The molecule has 1 saturated carbocycles. The van der Waals surface area contributed by atoms with Gasteiger partial charge in [-0.15, -0.1) is 0 Å². The molecule has 0 saturated heterocycles. The highest BCUT2D eigenvalue weighted by Gasteiger charge is 2.45. The summed E-state index contributed by atoms with van der Waals surface area (Å²) in [5, 5.41) is 19.4. The molecule has 0 aliphatic heterocycles. The van der Waals surface area contributed by atoms with Crippen LogP contribution in [0, 0.1) is 29.1 Å². The Kier molecular flexibility index (Phi) is 2.76. The van der Waals surface area contributed by atoms with Gasteiger partial charge in [0.15, 0.2) is 0 Å². The zero-order valence-corrected chi connectivity index (χ0v) is 7.82. The van der Waals surface area contributed by atoms with Crippen LogP contribution in [0.25, 0.3) is 0 Å². The third kappa shape index (κ3) is 2.35. The van der Waals surface area contributed by atoms with Gasteiger partial charge in [0, 0.05) is 0 Å². The van der Waals surface area contributed by atoms with Gasteiger partial charge in [-0.05, 0) is 24.2 Å². The Labute approximate surface area is 77.6 Å². The van der Waals surface area contributed by atoms with Gasteiger partial charge in [0.2, 0.25) is 0 Å². The average Bonchev–Trinajstić information content (AvgIpc) is 2.78. The summed E-state index contributed by atoms with van der Waals surface area (Å²) in [5.41, 5.74) is 0. The number of carboxylic acid groups (broad SMARTS) is 1. The van der Waals surface area contributed by atoms with Crippen LogP contribution in [0.15, 0.2) is 0 Å². The van der Waals surface area contributed by atoms with Crippen molar-refractivity contribution in [2.45, 2.75) is 26.3 Å². The topological polar surface area (TPSA) is 73.1 Å². The fourth-order valence-corrected chi connectivity index (χ4v) is 1.75. The molecular formula is C9H14N2O2. The number of amides is 1. The fraction of sp³-hybridized carbons (Fsp3) is 0.778. The molecule has 3 unspecified atom stereocenters. The molecule has 0 aromatic rings. The van der Waals surface area contributed by atoms with Crippen LogP contribution in [0.5, 0.6) is 0 Å². The van der Waals surface area contributed by atoms with E-state index in [-0.39, 0.29) is 5.92 Å². The van der Waals surface area contributed by atoms with Gasteiger partial charge in [0.25, 0.3) is 0 Å². The maximum atomic E-state index is 10.3. The summed E-state index contributed by atoms with van der Waals surface area (Å²) in [4.78, 5) is 10.3. The number of nitrogens with zero attached hydrogens (tertiary/aromatic N) is 1. The summed E-state index contributed by atoms with van der Waals surface area (Å²) in [6.45, 7) is 4.19. The number of nitrogens with one attached hydrogen (secondary N) is 1. The van der Waals surface area contributed by atoms with E-state index >= 15 is 0 Å². The summed E-state index contributed by atoms with van der Waals surface area (Å²) in [7, 11) is 0. The molecule has 1 aliphatic carbocycles. The van der Waals surface area contributed by atoms with Crippen LogP contribution >= 0.6 is 0 Å². The number of hydrogen-bond acceptors (Lipinski definition) is 2. The molecule has 0 bridgehead atoms. The lowest BCUT2D eigenvalue weighted by atomic mass is 10.0. The zero-order chi connectivity index (χ0) is 10.0. The lowest BCUT2D eigenvalue weighted by molar-refractivity contribution is 0.190. The SMILES string of the molecule is CC(C)C1CC1C(C#N)NC(=O)O. The van der Waals surface area contributed by atoms with Crippen LogP contribution in [0.3, 0.4) is 0 Å². The van der Waals surface area contributed by atoms with Crippen LogP contribution in [-0.4, -0.2) is 17.2 Å². The zero-order valence-electron chi connectivity index (χ0n) is 7.82. The fourth-order valence-electron chi connectivity index (χ4n) is 1.75. The normalized spacial score (nSPS) is 27.8. The summed E-state index contributed by atoms with van der Waals surface area (Å²) in [6, 6.07) is 1.46. The Hall–Kier alpha value is -1.24. The van der Waals surface area contributed by atoms with Gasteiger partial charge < -0.3 is 10.4 Å². The molecule has 13 heavy (non-hydrogen) atoms. The van der Waals surface area contributed by atoms with Crippen molar-refractivity contribution >= 4 is 6.09 Å². The van der Waals surface area contributed by atoms with E-state index in [1.165, 1.54) is 0 Å². The van der Waals surface area contributed by atoms with E-state index < -0.39 is 12.1 Å². The Morgan fingerprint density at radius 2 is 2.23 bits per heavy atom. The highest BCUT2D eigenvalue weighted by atomic mass is 16.4. The van der Waals surface area contributed by atoms with Gasteiger partial charge in [-0.2, -0.15) is 5.26 Å². The van der Waals surface area contributed by atoms with Gasteiger partial charge in [-0.3, -0.25) is 0 Å². The smallest absolute Gasteiger partial charge is 0.405 e. The second-order valence-electron chi connectivity index (χ2n) is 3.86. The van der Waals surface area contributed by atoms with Crippen molar-refractivity contribution < 1.29 is 9.90 Å². The summed E-state index contributed by atoms with van der Waals surface area (Å²) in [5.74, 6) is 1.27. The van der Waals surface area contributed by atoms with E-state index in [4.69, 9.17) is 10.4 Å². The van der Waals surface area contributed by atoms with E-state index in [1.807, 2.05) is 6.07 Å². The first kappa shape index (κ1) is 9.85. The number of hydrogen-bond donors (Lipinski definition) is 2. The Morgan fingerprint density at radius 3 is 2.54 bits per heavy atom. The number of nitriles is 1. The highest BCUT2D eigenvalue weighted by Crippen LogP contribution is 2.46. The quantitative estimate of drug-likeness (QED) is 0.693. The second kappa shape index (κ2) is 3.65. The van der Waals surface area contributed by atoms with Crippen LogP contribution in [-0.2, 0) is 0 Å². The molecular weight excluding hydrogens is 168 g/mol. The molecule has 0 aromatic carbocycles. The molecule has 0 radical (unpaired) electrons. The molecule has 1 amide bonds. The average molecular weight is 182 g/mol. The monoisotopic (exact) mass is 182 g/mol. The first-order chi connectivity index (χ1) is 6.06. The maximum absolute atomic E-state index is 10.3. The first-order valence-electron chi connectivity index (χ1n) is 4.45. The standard InChI is InChI=1S/C9H14N2O2/c1-5(2)6-3-7(6)8(4-10)11-9(12)13/h5-8,11H,3H2,1-2H3,(H,12,13). The molecule has 3 atom stereocenters. The third-order valence-corrected chi connectivity index (χ3v) is 2.59. The molecule has 0 aromatic heterocycles. The van der Waals surface area contributed by atoms with Gasteiger partial charge in [-0.1, -0.05) is 13.8 Å². The Morgan fingerprint density at radius 1 is 1.62 bits per heavy atom. The molecule has 1 rings (SSSR count). The van der Waals surface area contributed by atoms with Crippen LogP contribution in [0.1, 0.15) is 20.3 Å². The van der Waals surface area contributed by atoms with Gasteiger partial charge in [-0.25, -0.2) is 4.79 Å². The minimum absolute atomic E-state index is 0.223. The molecule has 1 aliphatic rings. The molecule has 4 heteroatoms. The molecule has 72 valence electrons. The predicted octanol–water partition coefficient (Wildman–Crippen LogP) is 1.44. The summed E-state index contributed by atoms with van der Waals surface area (Å²) in [6.07, 6.45) is -0.142. The first-order valence-corrected chi connectivity index (χ1v) is 4.45. The van der Waals surface area contributed by atoms with Crippen LogP contribution in [0.4, 0.5) is 4.79 Å². The molecule has 1 fully saturated rings.